The fourth-order valence-electron chi connectivity index (χ4n) is 2.26. The van der Waals surface area contributed by atoms with E-state index in [9.17, 15) is 9.65 Å². The number of allylic oxidation sites excluding steroid dienone is 1. The van der Waals surface area contributed by atoms with Crippen LogP contribution in [0, 0.1) is 17.1 Å². The van der Waals surface area contributed by atoms with Crippen LogP contribution in [-0.4, -0.2) is 9.55 Å². The number of nitriles is 1. The molecule has 0 aliphatic carbocycles. The second-order valence-corrected chi connectivity index (χ2v) is 4.70. The van der Waals surface area contributed by atoms with Crippen molar-refractivity contribution < 1.29 is 4.39 Å². The summed E-state index contributed by atoms with van der Waals surface area (Å²) in [6.45, 7) is 0. The minimum atomic E-state index is -0.298. The van der Waals surface area contributed by atoms with Gasteiger partial charge in [0.1, 0.15) is 11.9 Å². The van der Waals surface area contributed by atoms with E-state index in [-0.39, 0.29) is 5.82 Å². The zero-order valence-electron chi connectivity index (χ0n) is 11.4. The lowest BCUT2D eigenvalue weighted by molar-refractivity contribution is 0.628. The number of rotatable bonds is 2. The Morgan fingerprint density at radius 2 is 1.90 bits per heavy atom. The van der Waals surface area contributed by atoms with Gasteiger partial charge in [-0.3, -0.25) is 0 Å². The van der Waals surface area contributed by atoms with E-state index in [0.29, 0.717) is 11.4 Å². The van der Waals surface area contributed by atoms with Crippen molar-refractivity contribution in [3.8, 4) is 6.07 Å². The maximum Gasteiger partial charge on any atom is 0.151 e. The molecule has 0 atom stereocenters. The molecule has 21 heavy (non-hydrogen) atoms. The zero-order chi connectivity index (χ0) is 14.8. The van der Waals surface area contributed by atoms with Crippen molar-refractivity contribution in [2.45, 2.75) is 0 Å². The highest BCUT2D eigenvalue weighted by molar-refractivity contribution is 5.90. The second kappa shape index (κ2) is 5.22. The van der Waals surface area contributed by atoms with E-state index in [4.69, 9.17) is 0 Å². The molecule has 0 aliphatic rings. The SMILES string of the molecule is Cn1c(/C(C#N)=C\c2ccc(F)cc2)nc2ccccc21. The standard InChI is InChI=1S/C17H12FN3/c1-21-16-5-3-2-4-15(16)20-17(21)13(11-19)10-12-6-8-14(18)9-7-12/h2-10H,1H3/b13-10-. The molecule has 0 radical (unpaired) electrons. The lowest BCUT2D eigenvalue weighted by atomic mass is 10.1. The summed E-state index contributed by atoms with van der Waals surface area (Å²) in [5, 5.41) is 9.40. The quantitative estimate of drug-likeness (QED) is 0.669. The monoisotopic (exact) mass is 277 g/mol. The van der Waals surface area contributed by atoms with Gasteiger partial charge in [-0.15, -0.1) is 0 Å². The van der Waals surface area contributed by atoms with Gasteiger partial charge in [0.25, 0.3) is 0 Å². The average Bonchev–Trinajstić information content (AvgIpc) is 2.84. The van der Waals surface area contributed by atoms with Gasteiger partial charge in [0.05, 0.1) is 16.6 Å². The maximum absolute atomic E-state index is 12.9. The summed E-state index contributed by atoms with van der Waals surface area (Å²) in [5.41, 5.74) is 3.02. The van der Waals surface area contributed by atoms with Crippen molar-refractivity contribution in [2.75, 3.05) is 0 Å². The van der Waals surface area contributed by atoms with Crippen LogP contribution < -0.4 is 0 Å². The molecule has 0 N–H and O–H groups in total. The van der Waals surface area contributed by atoms with Gasteiger partial charge in [-0.05, 0) is 35.9 Å². The summed E-state index contributed by atoms with van der Waals surface area (Å²) in [6, 6.07) is 15.9. The van der Waals surface area contributed by atoms with E-state index < -0.39 is 0 Å². The first-order chi connectivity index (χ1) is 10.2. The number of imidazole rings is 1. The Hall–Kier alpha value is -2.93. The highest BCUT2D eigenvalue weighted by Gasteiger charge is 2.11. The molecule has 2 aromatic carbocycles. The van der Waals surface area contributed by atoms with Crippen LogP contribution in [0.1, 0.15) is 11.4 Å². The van der Waals surface area contributed by atoms with Crippen LogP contribution in [0.3, 0.4) is 0 Å². The number of nitrogens with zero attached hydrogens (tertiary/aromatic N) is 3. The smallest absolute Gasteiger partial charge is 0.151 e. The first-order valence-corrected chi connectivity index (χ1v) is 6.48. The van der Waals surface area contributed by atoms with Gasteiger partial charge in [0.15, 0.2) is 5.82 Å². The van der Waals surface area contributed by atoms with Gasteiger partial charge in [0.2, 0.25) is 0 Å². The van der Waals surface area contributed by atoms with Gasteiger partial charge < -0.3 is 4.57 Å². The van der Waals surface area contributed by atoms with E-state index in [2.05, 4.69) is 11.1 Å². The Morgan fingerprint density at radius 3 is 2.57 bits per heavy atom. The molecule has 1 heterocycles. The molecular formula is C17H12FN3. The molecule has 0 saturated heterocycles. The summed E-state index contributed by atoms with van der Waals surface area (Å²) in [7, 11) is 1.88. The minimum absolute atomic E-state index is 0.298. The molecule has 0 aliphatic heterocycles. The van der Waals surface area contributed by atoms with Crippen LogP contribution in [0.2, 0.25) is 0 Å². The Labute approximate surface area is 121 Å². The Morgan fingerprint density at radius 1 is 1.19 bits per heavy atom. The normalized spacial score (nSPS) is 11.6. The van der Waals surface area contributed by atoms with Crippen LogP contribution in [-0.2, 0) is 7.05 Å². The molecular weight excluding hydrogens is 265 g/mol. The van der Waals surface area contributed by atoms with E-state index in [1.165, 1.54) is 12.1 Å². The van der Waals surface area contributed by atoms with Gasteiger partial charge in [-0.1, -0.05) is 24.3 Å². The Balaban J connectivity index is 2.12. The lowest BCUT2D eigenvalue weighted by Crippen LogP contribution is -1.96. The number of hydrogen-bond donors (Lipinski definition) is 0. The van der Waals surface area contributed by atoms with Crippen molar-refractivity contribution >= 4 is 22.7 Å². The van der Waals surface area contributed by atoms with Crippen LogP contribution in [0.25, 0.3) is 22.7 Å². The van der Waals surface area contributed by atoms with Gasteiger partial charge >= 0.3 is 0 Å². The number of para-hydroxylation sites is 2. The van der Waals surface area contributed by atoms with Crippen LogP contribution >= 0.6 is 0 Å². The molecule has 0 spiro atoms. The fourth-order valence-corrected chi connectivity index (χ4v) is 2.26. The lowest BCUT2D eigenvalue weighted by Gasteiger charge is -2.01. The molecule has 3 rings (SSSR count). The maximum atomic E-state index is 12.9. The molecule has 4 heteroatoms. The molecule has 0 bridgehead atoms. The van der Waals surface area contributed by atoms with Crippen molar-refractivity contribution in [1.82, 2.24) is 9.55 Å². The van der Waals surface area contributed by atoms with E-state index >= 15 is 0 Å². The molecule has 3 aromatic rings. The highest BCUT2D eigenvalue weighted by Crippen LogP contribution is 2.22. The second-order valence-electron chi connectivity index (χ2n) is 4.70. The summed E-state index contributed by atoms with van der Waals surface area (Å²) in [6.07, 6.45) is 1.71. The molecule has 0 amide bonds. The molecule has 0 saturated carbocycles. The van der Waals surface area contributed by atoms with E-state index in [1.807, 2.05) is 35.9 Å². The summed E-state index contributed by atoms with van der Waals surface area (Å²) < 4.78 is 14.8. The number of benzene rings is 2. The zero-order valence-corrected chi connectivity index (χ0v) is 11.4. The van der Waals surface area contributed by atoms with Crippen molar-refractivity contribution in [3.63, 3.8) is 0 Å². The van der Waals surface area contributed by atoms with Gasteiger partial charge in [-0.2, -0.15) is 5.26 Å². The minimum Gasteiger partial charge on any atom is -0.327 e. The average molecular weight is 277 g/mol. The topological polar surface area (TPSA) is 41.6 Å². The Bertz CT molecular complexity index is 867. The summed E-state index contributed by atoms with van der Waals surface area (Å²) in [5.74, 6) is 0.302. The number of aryl methyl sites for hydroxylation is 1. The van der Waals surface area contributed by atoms with Crippen LogP contribution in [0.5, 0.6) is 0 Å². The Kier molecular flexibility index (Phi) is 3.25. The predicted octanol–water partition coefficient (Wildman–Crippen LogP) is 3.78. The predicted molar refractivity (Wildman–Crippen MR) is 80.6 cm³/mol. The van der Waals surface area contributed by atoms with Gasteiger partial charge in [0, 0.05) is 7.05 Å². The van der Waals surface area contributed by atoms with Crippen LogP contribution in [0.4, 0.5) is 4.39 Å². The third kappa shape index (κ3) is 2.41. The third-order valence-corrected chi connectivity index (χ3v) is 3.33. The van der Waals surface area contributed by atoms with Crippen molar-refractivity contribution in [1.29, 1.82) is 5.26 Å². The number of halogens is 1. The number of aromatic nitrogens is 2. The van der Waals surface area contributed by atoms with Gasteiger partial charge in [-0.25, -0.2) is 9.37 Å². The molecule has 0 unspecified atom stereocenters. The first kappa shape index (κ1) is 13.1. The fraction of sp³-hybridized carbons (Fsp3) is 0.0588. The van der Waals surface area contributed by atoms with E-state index in [0.717, 1.165) is 16.6 Å². The molecule has 3 nitrogen and oxygen atoms in total. The number of fused-ring (bicyclic) bond motifs is 1. The molecule has 102 valence electrons. The largest absolute Gasteiger partial charge is 0.327 e. The first-order valence-electron chi connectivity index (χ1n) is 6.48. The highest BCUT2D eigenvalue weighted by atomic mass is 19.1. The van der Waals surface area contributed by atoms with E-state index in [1.54, 1.807) is 18.2 Å². The van der Waals surface area contributed by atoms with Crippen molar-refractivity contribution in [3.05, 3.63) is 65.7 Å². The summed E-state index contributed by atoms with van der Waals surface area (Å²) >= 11 is 0. The molecule has 0 fully saturated rings. The summed E-state index contributed by atoms with van der Waals surface area (Å²) in [4.78, 5) is 4.50. The van der Waals surface area contributed by atoms with Crippen molar-refractivity contribution in [2.24, 2.45) is 7.05 Å². The van der Waals surface area contributed by atoms with Crippen LogP contribution in [0.15, 0.2) is 48.5 Å². The molecule has 1 aromatic heterocycles. The third-order valence-electron chi connectivity index (χ3n) is 3.33. The number of hydrogen-bond acceptors (Lipinski definition) is 2.